The smallest absolute Gasteiger partial charge is 0.387 e. The molecule has 0 saturated carbocycles. The van der Waals surface area contributed by atoms with Gasteiger partial charge in [0.2, 0.25) is 5.82 Å². The molecule has 0 radical (unpaired) electrons. The number of hydrogen-bond donors (Lipinski definition) is 1. The molecule has 2 aromatic rings. The van der Waals surface area contributed by atoms with Gasteiger partial charge in [-0.05, 0) is 12.1 Å². The molecule has 2 aromatic carbocycles. The number of rotatable bonds is 5. The molecule has 0 aliphatic carbocycles. The Labute approximate surface area is 140 Å². The maximum atomic E-state index is 13.6. The topological polar surface area (TPSA) is 55.4 Å². The summed E-state index contributed by atoms with van der Waals surface area (Å²) in [5.41, 5.74) is -0.756. The number of sulfonamides is 1. The van der Waals surface area contributed by atoms with E-state index in [-0.39, 0.29) is 0 Å². The number of alkyl halides is 2. The van der Waals surface area contributed by atoms with Gasteiger partial charge in [0.05, 0.1) is 5.69 Å². The first-order valence-electron chi connectivity index (χ1n) is 6.24. The monoisotopic (exact) mass is 407 g/mol. The summed E-state index contributed by atoms with van der Waals surface area (Å²) in [5.74, 6) is -15.3. The van der Waals surface area contributed by atoms with Crippen LogP contribution in [0.15, 0.2) is 23.1 Å². The lowest BCUT2D eigenvalue weighted by atomic mass is 10.3. The fraction of sp³-hybridized carbons (Fsp3) is 0.0769. The van der Waals surface area contributed by atoms with E-state index < -0.39 is 67.9 Å². The van der Waals surface area contributed by atoms with Crippen LogP contribution in [0, 0.1) is 34.9 Å². The zero-order valence-corrected chi connectivity index (χ0v) is 12.8. The normalized spacial score (nSPS) is 11.7. The van der Waals surface area contributed by atoms with Gasteiger partial charge < -0.3 is 4.74 Å². The second-order valence-electron chi connectivity index (χ2n) is 4.53. The van der Waals surface area contributed by atoms with E-state index >= 15 is 0 Å². The zero-order valence-electron chi connectivity index (χ0n) is 12.0. The minimum absolute atomic E-state index is 0.293. The van der Waals surface area contributed by atoms with Gasteiger partial charge in [-0.3, -0.25) is 4.72 Å². The van der Waals surface area contributed by atoms with Crippen molar-refractivity contribution < 1.29 is 48.3 Å². The van der Waals surface area contributed by atoms with Gasteiger partial charge in [-0.2, -0.15) is 8.78 Å². The molecule has 13 heteroatoms. The number of nitrogens with one attached hydrogen (secondary N) is 1. The number of anilines is 1. The van der Waals surface area contributed by atoms with Crippen molar-refractivity contribution in [1.29, 1.82) is 0 Å². The minimum atomic E-state index is -5.39. The molecule has 0 aromatic heterocycles. The molecule has 1 N–H and O–H groups in total. The van der Waals surface area contributed by atoms with E-state index in [1.165, 1.54) is 4.72 Å². The average molecular weight is 407 g/mol. The summed E-state index contributed by atoms with van der Waals surface area (Å²) >= 11 is 0. The van der Waals surface area contributed by atoms with E-state index in [4.69, 9.17) is 0 Å². The molecule has 26 heavy (non-hydrogen) atoms. The Morgan fingerprint density at radius 2 is 1.35 bits per heavy atom. The van der Waals surface area contributed by atoms with Crippen LogP contribution in [0.3, 0.4) is 0 Å². The molecule has 0 unspecified atom stereocenters. The summed E-state index contributed by atoms with van der Waals surface area (Å²) in [6.45, 7) is -3.39. The van der Waals surface area contributed by atoms with Gasteiger partial charge in [0, 0.05) is 6.07 Å². The number of ether oxygens (including phenoxy) is 1. The van der Waals surface area contributed by atoms with Gasteiger partial charge in [0.1, 0.15) is 0 Å². The molecule has 0 spiro atoms. The van der Waals surface area contributed by atoms with Crippen molar-refractivity contribution >= 4 is 15.7 Å². The number of hydrogen-bond acceptors (Lipinski definition) is 3. The number of benzene rings is 2. The highest BCUT2D eigenvalue weighted by molar-refractivity contribution is 7.92. The van der Waals surface area contributed by atoms with Crippen LogP contribution in [0.5, 0.6) is 5.75 Å². The second kappa shape index (κ2) is 6.97. The van der Waals surface area contributed by atoms with E-state index in [1.807, 2.05) is 0 Å². The lowest BCUT2D eigenvalue weighted by Gasteiger charge is -2.12. The van der Waals surface area contributed by atoms with Crippen molar-refractivity contribution in [3.05, 3.63) is 53.1 Å². The van der Waals surface area contributed by atoms with Crippen LogP contribution in [-0.4, -0.2) is 15.0 Å². The van der Waals surface area contributed by atoms with Crippen LogP contribution < -0.4 is 9.46 Å². The highest BCUT2D eigenvalue weighted by Crippen LogP contribution is 2.29. The Hall–Kier alpha value is -2.57. The SMILES string of the molecule is O=S(=O)(Nc1ccc(OC(F)F)c(F)c1)c1c(F)c(F)c(F)c(F)c1F. The van der Waals surface area contributed by atoms with E-state index in [1.54, 1.807) is 0 Å². The van der Waals surface area contributed by atoms with Crippen LogP contribution in [0.25, 0.3) is 0 Å². The van der Waals surface area contributed by atoms with Gasteiger partial charge in [-0.25, -0.2) is 34.8 Å². The molecule has 0 aliphatic rings. The number of halogens is 8. The van der Waals surface area contributed by atoms with Crippen molar-refractivity contribution in [2.45, 2.75) is 11.5 Å². The first-order valence-corrected chi connectivity index (χ1v) is 7.72. The molecule has 0 saturated heterocycles. The highest BCUT2D eigenvalue weighted by atomic mass is 32.2. The molecule has 4 nitrogen and oxygen atoms in total. The summed E-state index contributed by atoms with van der Waals surface area (Å²) in [6.07, 6.45) is 0. The Balaban J connectivity index is 2.46. The lowest BCUT2D eigenvalue weighted by molar-refractivity contribution is -0.0521. The van der Waals surface area contributed by atoms with Crippen LogP contribution in [0.2, 0.25) is 0 Å². The first-order chi connectivity index (χ1) is 12.0. The lowest BCUT2D eigenvalue weighted by Crippen LogP contribution is -2.19. The average Bonchev–Trinajstić information content (AvgIpc) is 2.53. The van der Waals surface area contributed by atoms with Crippen LogP contribution in [0.4, 0.5) is 40.8 Å². The van der Waals surface area contributed by atoms with Gasteiger partial charge in [-0.15, -0.1) is 0 Å². The van der Waals surface area contributed by atoms with Crippen molar-refractivity contribution in [3.63, 3.8) is 0 Å². The Morgan fingerprint density at radius 3 is 1.81 bits per heavy atom. The summed E-state index contributed by atoms with van der Waals surface area (Å²) in [7, 11) is -5.39. The Bertz CT molecular complexity index is 935. The fourth-order valence-electron chi connectivity index (χ4n) is 1.78. The summed E-state index contributed by atoms with van der Waals surface area (Å²) < 4.78 is 133. The van der Waals surface area contributed by atoms with Crippen molar-refractivity contribution in [2.24, 2.45) is 0 Å². The van der Waals surface area contributed by atoms with Crippen molar-refractivity contribution in [2.75, 3.05) is 4.72 Å². The summed E-state index contributed by atoms with van der Waals surface area (Å²) in [4.78, 5) is -2.19. The zero-order chi connectivity index (χ0) is 19.8. The minimum Gasteiger partial charge on any atom is -0.432 e. The van der Waals surface area contributed by atoms with Crippen LogP contribution >= 0.6 is 0 Å². The predicted molar refractivity (Wildman–Crippen MR) is 70.1 cm³/mol. The second-order valence-corrected chi connectivity index (χ2v) is 6.15. The predicted octanol–water partition coefficient (Wildman–Crippen LogP) is 3.92. The molecule has 0 amide bonds. The largest absolute Gasteiger partial charge is 0.432 e. The van der Waals surface area contributed by atoms with Crippen molar-refractivity contribution in [1.82, 2.24) is 0 Å². The maximum absolute atomic E-state index is 13.6. The molecule has 0 atom stereocenters. The first kappa shape index (κ1) is 19.8. The standard InChI is InChI=1S/C13H5F8NO3S/c14-5-3-4(1-2-6(5)25-13(20)21)22-26(23,24)12-10(18)8(16)7(15)9(17)11(12)19/h1-3,13,22H. The molecule has 0 aliphatic heterocycles. The third kappa shape index (κ3) is 3.66. The van der Waals surface area contributed by atoms with E-state index in [0.717, 1.165) is 0 Å². The summed E-state index contributed by atoms with van der Waals surface area (Å²) in [6, 6.07) is 1.50. The molecule has 0 bridgehead atoms. The maximum Gasteiger partial charge on any atom is 0.387 e. The van der Waals surface area contributed by atoms with Crippen LogP contribution in [-0.2, 0) is 10.0 Å². The van der Waals surface area contributed by atoms with Gasteiger partial charge in [0.25, 0.3) is 10.0 Å². The Kier molecular flexibility index (Phi) is 5.30. The molecule has 0 fully saturated rings. The van der Waals surface area contributed by atoms with Gasteiger partial charge in [0.15, 0.2) is 39.7 Å². The third-order valence-corrected chi connectivity index (χ3v) is 4.24. The fourth-order valence-corrected chi connectivity index (χ4v) is 2.97. The summed E-state index contributed by atoms with van der Waals surface area (Å²) in [5, 5.41) is 0. The molecule has 142 valence electrons. The van der Waals surface area contributed by atoms with Crippen molar-refractivity contribution in [3.8, 4) is 5.75 Å². The quantitative estimate of drug-likeness (QED) is 0.465. The Morgan fingerprint density at radius 1 is 0.846 bits per heavy atom. The van der Waals surface area contributed by atoms with Gasteiger partial charge >= 0.3 is 6.61 Å². The molecule has 0 heterocycles. The molecule has 2 rings (SSSR count). The molecular formula is C13H5F8NO3S. The van der Waals surface area contributed by atoms with Gasteiger partial charge in [-0.1, -0.05) is 0 Å². The van der Waals surface area contributed by atoms with Crippen LogP contribution in [0.1, 0.15) is 0 Å². The van der Waals surface area contributed by atoms with E-state index in [0.29, 0.717) is 18.2 Å². The highest BCUT2D eigenvalue weighted by Gasteiger charge is 2.33. The van der Waals surface area contributed by atoms with E-state index in [2.05, 4.69) is 4.74 Å². The third-order valence-electron chi connectivity index (χ3n) is 2.84. The molecular weight excluding hydrogens is 402 g/mol. The van der Waals surface area contributed by atoms with E-state index in [9.17, 15) is 43.5 Å².